The highest BCUT2D eigenvalue weighted by molar-refractivity contribution is 7.44. The number of rotatable bonds is 10. The Morgan fingerprint density at radius 2 is 2.12 bits per heavy atom. The van der Waals surface area contributed by atoms with E-state index in [0.29, 0.717) is 13.0 Å². The van der Waals surface area contributed by atoms with E-state index in [-0.39, 0.29) is 30.7 Å². The zero-order chi connectivity index (χ0) is 26.1. The van der Waals surface area contributed by atoms with E-state index in [4.69, 9.17) is 15.2 Å². The Morgan fingerprint density at radius 1 is 1.41 bits per heavy atom. The van der Waals surface area contributed by atoms with Gasteiger partial charge in [0.2, 0.25) is 5.91 Å². The molecule has 0 saturated carbocycles. The number of carbonyl (C=O) groups excluding carboxylic acids is 1. The van der Waals surface area contributed by atoms with Crippen molar-refractivity contribution in [2.24, 2.45) is 0 Å². The van der Waals surface area contributed by atoms with Gasteiger partial charge in [0.25, 0.3) is 8.53 Å². The van der Waals surface area contributed by atoms with Crippen LogP contribution in [0, 0.1) is 11.8 Å². The summed E-state index contributed by atoms with van der Waals surface area (Å²) in [4.78, 5) is 27.5. The van der Waals surface area contributed by atoms with Crippen LogP contribution in [0.1, 0.15) is 68.9 Å². The average Bonchev–Trinajstić information content (AvgIpc) is 3.08. The Balaban J connectivity index is 2.26. The third-order valence-electron chi connectivity index (χ3n) is 4.86. The first-order chi connectivity index (χ1) is 16.6. The van der Waals surface area contributed by atoms with Gasteiger partial charge in [0, 0.05) is 39.4 Å². The van der Waals surface area contributed by atoms with Gasteiger partial charge >= 0.3 is 5.69 Å². The topological polar surface area (TPSA) is 94.9 Å². The number of anilines is 1. The summed E-state index contributed by atoms with van der Waals surface area (Å²) in [7, 11) is -1.69. The molecular weight excluding hydrogens is 462 g/mol. The Kier molecular flexibility index (Phi) is 10.4. The molecule has 1 saturated heterocycles. The first kappa shape index (κ1) is 26.7. The van der Waals surface area contributed by atoms with E-state index in [1.165, 1.54) is 19.2 Å². The molecule has 0 bridgehead atoms. The van der Waals surface area contributed by atoms with Crippen molar-refractivity contribution < 1.29 is 24.3 Å². The molecule has 0 spiro atoms. The molecule has 11 heteroatoms. The lowest BCUT2D eigenvalue weighted by Crippen LogP contribution is -2.38. The first-order valence-corrected chi connectivity index (χ1v) is 12.5. The normalized spacial score (nSPS) is 23.6. The van der Waals surface area contributed by atoms with Crippen LogP contribution >= 0.6 is 8.53 Å². The minimum absolute atomic E-state index is 0.0570. The molecule has 0 aliphatic carbocycles. The maximum absolute atomic E-state index is 15.7. The minimum atomic E-state index is -1.74. The van der Waals surface area contributed by atoms with Crippen LogP contribution in [0.25, 0.3) is 0 Å². The van der Waals surface area contributed by atoms with Gasteiger partial charge in [0.1, 0.15) is 11.9 Å². The van der Waals surface area contributed by atoms with Gasteiger partial charge in [0.05, 0.1) is 12.7 Å². The van der Waals surface area contributed by atoms with Gasteiger partial charge in [-0.25, -0.2) is 13.9 Å². The molecule has 2 heterocycles. The molecule has 1 aromatic heterocycles. The highest BCUT2D eigenvalue weighted by Crippen LogP contribution is 2.50. The molecule has 1 aliphatic heterocycles. The lowest BCUT2D eigenvalue weighted by molar-refractivity contribution is -0.114. The summed E-state index contributed by atoms with van der Waals surface area (Å²) in [5.41, 5.74) is -0.785. The maximum atomic E-state index is 15.7. The van der Waals surface area contributed by atoms with Gasteiger partial charge in [0.15, 0.2) is 12.4 Å². The SMILES string of the molecule is [2H]CC1OC(n2ccc(NC(C)=O)nc2=O)C(F)C1OP(OCCC#CCC)N(C(C)C)C(C)C. The number of nitrogens with zero attached hydrogens (tertiary/aromatic N) is 3. The van der Waals surface area contributed by atoms with Crippen LogP contribution in [0.5, 0.6) is 0 Å². The molecule has 1 fully saturated rings. The van der Waals surface area contributed by atoms with Gasteiger partial charge in [-0.1, -0.05) is 6.92 Å². The second-order valence-electron chi connectivity index (χ2n) is 8.36. The van der Waals surface area contributed by atoms with Gasteiger partial charge < -0.3 is 19.1 Å². The van der Waals surface area contributed by atoms with Crippen molar-refractivity contribution in [1.29, 1.82) is 0 Å². The summed E-state index contributed by atoms with van der Waals surface area (Å²) in [5.74, 6) is 5.69. The number of carbonyl (C=O) groups is 1. The third-order valence-corrected chi connectivity index (χ3v) is 6.99. The third kappa shape index (κ3) is 7.56. The van der Waals surface area contributed by atoms with E-state index < -0.39 is 38.8 Å². The number of hydrogen-bond acceptors (Lipinski definition) is 7. The van der Waals surface area contributed by atoms with E-state index in [2.05, 4.69) is 22.1 Å². The molecule has 9 nitrogen and oxygen atoms in total. The van der Waals surface area contributed by atoms with Crippen molar-refractivity contribution in [3.8, 4) is 11.8 Å². The molecular formula is C23H36FN4O5P. The Morgan fingerprint density at radius 3 is 2.68 bits per heavy atom. The second kappa shape index (κ2) is 13.3. The number of aromatic nitrogens is 2. The summed E-state index contributed by atoms with van der Waals surface area (Å²) < 4.78 is 44.6. The zero-order valence-electron chi connectivity index (χ0n) is 21.7. The minimum Gasteiger partial charge on any atom is -0.349 e. The van der Waals surface area contributed by atoms with Gasteiger partial charge in [-0.15, -0.1) is 11.8 Å². The van der Waals surface area contributed by atoms with Crippen LogP contribution in [-0.2, 0) is 18.6 Å². The Bertz CT molecular complexity index is 946. The smallest absolute Gasteiger partial charge is 0.349 e. The van der Waals surface area contributed by atoms with E-state index in [1.807, 2.05) is 39.3 Å². The van der Waals surface area contributed by atoms with E-state index in [1.54, 1.807) is 0 Å². The molecule has 0 radical (unpaired) electrons. The summed E-state index contributed by atoms with van der Waals surface area (Å²) in [6, 6.07) is 1.50. The molecule has 1 aliphatic rings. The van der Waals surface area contributed by atoms with Crippen LogP contribution in [0.4, 0.5) is 10.2 Å². The summed E-state index contributed by atoms with van der Waals surface area (Å²) in [5, 5.41) is 2.41. The molecule has 5 atom stereocenters. The predicted molar refractivity (Wildman–Crippen MR) is 130 cm³/mol. The average molecular weight is 500 g/mol. The number of hydrogen-bond donors (Lipinski definition) is 1. The fourth-order valence-corrected chi connectivity index (χ4v) is 5.28. The molecule has 34 heavy (non-hydrogen) atoms. The fourth-order valence-electron chi connectivity index (χ4n) is 3.52. The van der Waals surface area contributed by atoms with E-state index in [9.17, 15) is 9.59 Å². The maximum Gasteiger partial charge on any atom is 0.351 e. The molecule has 2 rings (SSSR count). The summed E-state index contributed by atoms with van der Waals surface area (Å²) >= 11 is 0. The predicted octanol–water partition coefficient (Wildman–Crippen LogP) is 4.01. The van der Waals surface area contributed by atoms with Crippen LogP contribution in [0.2, 0.25) is 0 Å². The highest BCUT2D eigenvalue weighted by atomic mass is 31.2. The highest BCUT2D eigenvalue weighted by Gasteiger charge is 2.47. The number of ether oxygens (including phenoxy) is 1. The van der Waals surface area contributed by atoms with Crippen LogP contribution in [-0.4, -0.2) is 57.2 Å². The second-order valence-corrected chi connectivity index (χ2v) is 9.77. The molecule has 5 unspecified atom stereocenters. The fraction of sp³-hybridized carbons (Fsp3) is 0.696. The van der Waals surface area contributed by atoms with Crippen molar-refractivity contribution in [2.45, 2.75) is 98.0 Å². The first-order valence-electron chi connectivity index (χ1n) is 12.1. The van der Waals surface area contributed by atoms with Gasteiger partial charge in [-0.3, -0.25) is 9.36 Å². The van der Waals surface area contributed by atoms with Crippen molar-refractivity contribution in [3.05, 3.63) is 22.7 Å². The summed E-state index contributed by atoms with van der Waals surface area (Å²) in [6.45, 7) is 11.3. The Hall–Kier alpha value is -1.89. The quantitative estimate of drug-likeness (QED) is 0.295. The molecule has 0 aromatic carbocycles. The van der Waals surface area contributed by atoms with E-state index in [0.717, 1.165) is 11.0 Å². The van der Waals surface area contributed by atoms with Crippen LogP contribution < -0.4 is 11.0 Å². The number of alkyl halides is 1. The standard InChI is InChI=1S/C23H36FN4O5P/c1-8-9-10-11-14-31-34(28(15(2)3)16(4)5)33-21-17(6)32-22(20(21)24)27-13-12-19(25-18(7)29)26-23(27)30/h12-13,15-17,20-22H,8,11,14H2,1-7H3,(H,25,26,29,30)/i6D. The van der Waals surface area contributed by atoms with Crippen LogP contribution in [0.15, 0.2) is 17.1 Å². The lowest BCUT2D eigenvalue weighted by atomic mass is 10.2. The van der Waals surface area contributed by atoms with Gasteiger partial charge in [-0.05, 0) is 40.7 Å². The van der Waals surface area contributed by atoms with Crippen LogP contribution in [0.3, 0.4) is 0 Å². The number of nitrogens with one attached hydrogen (secondary N) is 1. The van der Waals surface area contributed by atoms with E-state index >= 15 is 4.39 Å². The molecule has 1 N–H and O–H groups in total. The zero-order valence-corrected chi connectivity index (χ0v) is 21.5. The number of halogens is 1. The Labute approximate surface area is 203 Å². The van der Waals surface area contributed by atoms with Gasteiger partial charge in [-0.2, -0.15) is 4.98 Å². The van der Waals surface area contributed by atoms with Crippen molar-refractivity contribution >= 4 is 20.3 Å². The lowest BCUT2D eigenvalue weighted by Gasteiger charge is -2.37. The van der Waals surface area contributed by atoms with Crippen molar-refractivity contribution in [3.63, 3.8) is 0 Å². The largest absolute Gasteiger partial charge is 0.351 e. The molecule has 1 amide bonds. The molecule has 1 aromatic rings. The van der Waals surface area contributed by atoms with Crippen molar-refractivity contribution in [1.82, 2.24) is 14.2 Å². The molecule has 190 valence electrons. The monoisotopic (exact) mass is 499 g/mol. The summed E-state index contributed by atoms with van der Waals surface area (Å²) in [6.07, 6.45) is -2.51. The number of amides is 1. The van der Waals surface area contributed by atoms with Crippen molar-refractivity contribution in [2.75, 3.05) is 11.9 Å².